The molecule has 1 amide bonds. The minimum absolute atomic E-state index is 0.147. The van der Waals surface area contributed by atoms with E-state index >= 15 is 0 Å². The summed E-state index contributed by atoms with van der Waals surface area (Å²) < 4.78 is 20.7. The van der Waals surface area contributed by atoms with Gasteiger partial charge in [-0.05, 0) is 50.3 Å². The molecule has 0 saturated heterocycles. The Hall–Kier alpha value is -3.07. The van der Waals surface area contributed by atoms with Gasteiger partial charge in [0, 0.05) is 4.88 Å². The Labute approximate surface area is 184 Å². The molecule has 0 bridgehead atoms. The molecule has 1 aliphatic carbocycles. The van der Waals surface area contributed by atoms with Crippen LogP contribution < -0.4 is 14.8 Å². The highest BCUT2D eigenvalue weighted by atomic mass is 32.1. The second kappa shape index (κ2) is 10.3. The Morgan fingerprint density at radius 2 is 1.81 bits per heavy atom. The number of anilines is 1. The first-order valence-electron chi connectivity index (χ1n) is 9.99. The van der Waals surface area contributed by atoms with Gasteiger partial charge in [0.1, 0.15) is 10.6 Å². The smallest absolute Gasteiger partial charge is 0.342 e. The van der Waals surface area contributed by atoms with Crippen molar-refractivity contribution in [1.29, 1.82) is 0 Å². The fourth-order valence-electron chi connectivity index (χ4n) is 3.49. The van der Waals surface area contributed by atoms with Gasteiger partial charge in [0.15, 0.2) is 18.1 Å². The molecule has 1 heterocycles. The number of thiophene rings is 1. The summed E-state index contributed by atoms with van der Waals surface area (Å²) in [4.78, 5) is 38.5. The molecule has 166 valence electrons. The first kappa shape index (κ1) is 22.6. The maximum absolute atomic E-state index is 12.5. The van der Waals surface area contributed by atoms with Crippen LogP contribution in [0.1, 0.15) is 50.9 Å². The Balaban J connectivity index is 1.71. The number of nitrogens with one attached hydrogen (secondary N) is 1. The highest BCUT2D eigenvalue weighted by molar-refractivity contribution is 7.17. The first-order chi connectivity index (χ1) is 15.0. The van der Waals surface area contributed by atoms with Gasteiger partial charge in [0.2, 0.25) is 0 Å². The molecule has 1 aromatic carbocycles. The van der Waals surface area contributed by atoms with Crippen molar-refractivity contribution in [2.45, 2.75) is 32.6 Å². The van der Waals surface area contributed by atoms with Crippen molar-refractivity contribution in [2.24, 2.45) is 0 Å². The summed E-state index contributed by atoms with van der Waals surface area (Å²) in [5.41, 5.74) is 1.51. The van der Waals surface area contributed by atoms with Crippen LogP contribution in [0.4, 0.5) is 5.00 Å². The lowest BCUT2D eigenvalue weighted by Gasteiger charge is -2.13. The zero-order chi connectivity index (χ0) is 22.4. The Morgan fingerprint density at radius 3 is 2.52 bits per heavy atom. The lowest BCUT2D eigenvalue weighted by molar-refractivity contribution is -0.119. The quantitative estimate of drug-likeness (QED) is 0.617. The minimum Gasteiger partial charge on any atom is -0.493 e. The summed E-state index contributed by atoms with van der Waals surface area (Å²) in [6.07, 6.45) is 3.68. The molecule has 0 aliphatic heterocycles. The second-order valence-electron chi connectivity index (χ2n) is 6.80. The number of para-hydroxylation sites is 1. The molecule has 9 heteroatoms. The Kier molecular flexibility index (Phi) is 7.51. The molecule has 0 unspecified atom stereocenters. The van der Waals surface area contributed by atoms with Gasteiger partial charge in [-0.15, -0.1) is 11.3 Å². The molecule has 8 nitrogen and oxygen atoms in total. The number of hydrogen-bond donors (Lipinski definition) is 1. The fraction of sp³-hybridized carbons (Fsp3) is 0.409. The summed E-state index contributed by atoms with van der Waals surface area (Å²) >= 11 is 1.38. The van der Waals surface area contributed by atoms with Gasteiger partial charge in [-0.3, -0.25) is 4.79 Å². The number of esters is 2. The molecule has 0 radical (unpaired) electrons. The van der Waals surface area contributed by atoms with Crippen LogP contribution in [0.15, 0.2) is 18.2 Å². The number of aryl methyl sites for hydroxylation is 1. The van der Waals surface area contributed by atoms with E-state index < -0.39 is 24.5 Å². The monoisotopic (exact) mass is 447 g/mol. The highest BCUT2D eigenvalue weighted by Gasteiger charge is 2.27. The summed E-state index contributed by atoms with van der Waals surface area (Å²) in [5, 5.41) is 3.15. The van der Waals surface area contributed by atoms with Crippen LogP contribution >= 0.6 is 11.3 Å². The van der Waals surface area contributed by atoms with Gasteiger partial charge in [0.25, 0.3) is 5.91 Å². The average Bonchev–Trinajstić information content (AvgIpc) is 3.14. The van der Waals surface area contributed by atoms with Crippen LogP contribution in [0.25, 0.3) is 0 Å². The molecule has 1 aromatic heterocycles. The molecule has 1 N–H and O–H groups in total. The lowest BCUT2D eigenvalue weighted by Crippen LogP contribution is -2.22. The van der Waals surface area contributed by atoms with E-state index in [1.54, 1.807) is 19.1 Å². The number of benzene rings is 1. The van der Waals surface area contributed by atoms with Gasteiger partial charge >= 0.3 is 11.9 Å². The van der Waals surface area contributed by atoms with E-state index in [9.17, 15) is 14.4 Å². The normalized spacial score (nSPS) is 12.5. The number of hydrogen-bond acceptors (Lipinski definition) is 8. The number of methoxy groups -OCH3 is 2. The summed E-state index contributed by atoms with van der Waals surface area (Å²) in [5.74, 6) is -1.10. The van der Waals surface area contributed by atoms with E-state index in [4.69, 9.17) is 18.9 Å². The molecular formula is C22H25NO7S. The van der Waals surface area contributed by atoms with Crippen molar-refractivity contribution in [3.8, 4) is 11.5 Å². The highest BCUT2D eigenvalue weighted by Crippen LogP contribution is 2.38. The van der Waals surface area contributed by atoms with Gasteiger partial charge in [-0.25, -0.2) is 9.59 Å². The van der Waals surface area contributed by atoms with Gasteiger partial charge in [0.05, 0.1) is 26.4 Å². The number of rotatable bonds is 8. The van der Waals surface area contributed by atoms with Crippen molar-refractivity contribution in [3.63, 3.8) is 0 Å². The molecular weight excluding hydrogens is 422 g/mol. The summed E-state index contributed by atoms with van der Waals surface area (Å²) in [7, 11) is 2.87. The van der Waals surface area contributed by atoms with Crippen molar-refractivity contribution in [1.82, 2.24) is 0 Å². The van der Waals surface area contributed by atoms with Crippen molar-refractivity contribution >= 4 is 34.2 Å². The predicted molar refractivity (Wildman–Crippen MR) is 115 cm³/mol. The maximum Gasteiger partial charge on any atom is 0.342 e. The SMILES string of the molecule is CCOC(=O)c1c(NC(=O)COC(=O)c2cccc(OC)c2OC)sc2c1CCCC2. The van der Waals surface area contributed by atoms with Crippen molar-refractivity contribution < 1.29 is 33.3 Å². The van der Waals surface area contributed by atoms with Crippen LogP contribution in [0, 0.1) is 0 Å². The van der Waals surface area contributed by atoms with E-state index in [0.29, 0.717) is 16.3 Å². The predicted octanol–water partition coefficient (Wildman–Crippen LogP) is 3.62. The number of carbonyl (C=O) groups is 3. The van der Waals surface area contributed by atoms with Crippen LogP contribution in [0.3, 0.4) is 0 Å². The lowest BCUT2D eigenvalue weighted by atomic mass is 9.95. The van der Waals surface area contributed by atoms with Gasteiger partial charge in [-0.1, -0.05) is 6.07 Å². The average molecular weight is 448 g/mol. The molecule has 1 aliphatic rings. The van der Waals surface area contributed by atoms with Crippen LogP contribution in [-0.2, 0) is 27.1 Å². The zero-order valence-corrected chi connectivity index (χ0v) is 18.6. The fourth-order valence-corrected chi connectivity index (χ4v) is 4.79. The maximum atomic E-state index is 12.5. The second-order valence-corrected chi connectivity index (χ2v) is 7.91. The first-order valence-corrected chi connectivity index (χ1v) is 10.8. The standard InChI is InChI=1S/C22H25NO7S/c1-4-29-22(26)18-13-8-5-6-11-16(13)31-20(18)23-17(24)12-30-21(25)14-9-7-10-15(27-2)19(14)28-3/h7,9-10H,4-6,8,11-12H2,1-3H3,(H,23,24). The van der Waals surface area contributed by atoms with E-state index in [2.05, 4.69) is 5.32 Å². The van der Waals surface area contributed by atoms with Crippen molar-refractivity contribution in [3.05, 3.63) is 39.8 Å². The number of fused-ring (bicyclic) bond motifs is 1. The third-order valence-corrected chi connectivity index (χ3v) is 6.07. The number of carbonyl (C=O) groups excluding carboxylic acids is 3. The molecule has 0 atom stereocenters. The van der Waals surface area contributed by atoms with Gasteiger partial charge < -0.3 is 24.3 Å². The Bertz CT molecular complexity index is 982. The largest absolute Gasteiger partial charge is 0.493 e. The topological polar surface area (TPSA) is 100 Å². The summed E-state index contributed by atoms with van der Waals surface area (Å²) in [6, 6.07) is 4.80. The summed E-state index contributed by atoms with van der Waals surface area (Å²) in [6.45, 7) is 1.47. The van der Waals surface area contributed by atoms with Crippen LogP contribution in [0.2, 0.25) is 0 Å². The minimum atomic E-state index is -0.720. The molecule has 2 aromatic rings. The van der Waals surface area contributed by atoms with Crippen molar-refractivity contribution in [2.75, 3.05) is 32.8 Å². The third kappa shape index (κ3) is 4.99. The molecule has 31 heavy (non-hydrogen) atoms. The number of amides is 1. The van der Waals surface area contributed by atoms with E-state index in [1.165, 1.54) is 31.6 Å². The molecule has 0 spiro atoms. The van der Waals surface area contributed by atoms with E-state index in [0.717, 1.165) is 36.1 Å². The Morgan fingerprint density at radius 1 is 1.03 bits per heavy atom. The zero-order valence-electron chi connectivity index (χ0n) is 17.7. The van der Waals surface area contributed by atoms with Crippen LogP contribution in [-0.4, -0.2) is 45.3 Å². The number of ether oxygens (including phenoxy) is 4. The molecule has 0 saturated carbocycles. The van der Waals surface area contributed by atoms with E-state index in [-0.39, 0.29) is 17.9 Å². The molecule has 3 rings (SSSR count). The van der Waals surface area contributed by atoms with Crippen LogP contribution in [0.5, 0.6) is 11.5 Å². The third-order valence-electron chi connectivity index (χ3n) is 4.86. The van der Waals surface area contributed by atoms with E-state index in [1.807, 2.05) is 0 Å². The van der Waals surface area contributed by atoms with Gasteiger partial charge in [-0.2, -0.15) is 0 Å². The molecule has 0 fully saturated rings.